The van der Waals surface area contributed by atoms with Gasteiger partial charge in [-0.15, -0.1) is 0 Å². The van der Waals surface area contributed by atoms with Gasteiger partial charge in [-0.05, 0) is 59.7 Å². The number of carbonyl (C=O) groups excluding carboxylic acids is 1. The predicted octanol–water partition coefficient (Wildman–Crippen LogP) is 3.17. The summed E-state index contributed by atoms with van der Waals surface area (Å²) in [6.07, 6.45) is 5.78. The molecular weight excluding hydrogens is 365 g/mol. The third-order valence-electron chi connectivity index (χ3n) is 3.28. The number of hydrogen-bond donors (Lipinski definition) is 2. The number of benzene rings is 1. The Morgan fingerprint density at radius 1 is 1.30 bits per heavy atom. The topological polar surface area (TPSA) is 64.9 Å². The van der Waals surface area contributed by atoms with Gasteiger partial charge in [-0.25, -0.2) is 0 Å². The summed E-state index contributed by atoms with van der Waals surface area (Å²) in [7, 11) is 0. The second-order valence-electron chi connectivity index (χ2n) is 4.78. The normalized spacial score (nSPS) is 15.7. The number of nitriles is 1. The first-order chi connectivity index (χ1) is 9.69. The second kappa shape index (κ2) is 7.29. The number of nitrogens with zero attached hydrogens (tertiary/aromatic N) is 1. The average molecular weight is 381 g/mol. The van der Waals surface area contributed by atoms with E-state index < -0.39 is 0 Å². The molecule has 1 aromatic rings. The Balaban J connectivity index is 1.96. The first kappa shape index (κ1) is 14.9. The molecule has 0 aliphatic heterocycles. The average Bonchev–Trinajstić information content (AvgIpc) is 2.94. The van der Waals surface area contributed by atoms with Gasteiger partial charge in [0.2, 0.25) is 0 Å². The van der Waals surface area contributed by atoms with Crippen LogP contribution >= 0.6 is 22.6 Å². The van der Waals surface area contributed by atoms with E-state index in [0.29, 0.717) is 0 Å². The molecule has 0 saturated heterocycles. The van der Waals surface area contributed by atoms with Crippen LogP contribution in [0.5, 0.6) is 0 Å². The molecule has 1 fully saturated rings. The molecule has 1 saturated carbocycles. The lowest BCUT2D eigenvalue weighted by atomic mass is 10.2. The number of carbonyl (C=O) groups is 1. The molecule has 1 amide bonds. The van der Waals surface area contributed by atoms with Gasteiger partial charge in [0, 0.05) is 21.5 Å². The highest BCUT2D eigenvalue weighted by Gasteiger charge is 2.19. The van der Waals surface area contributed by atoms with Crippen molar-refractivity contribution in [3.05, 3.63) is 39.6 Å². The fourth-order valence-electron chi connectivity index (χ4n) is 2.18. The van der Waals surface area contributed by atoms with Crippen molar-refractivity contribution in [3.8, 4) is 6.07 Å². The molecular formula is C15H16IN3O. The number of nitrogens with one attached hydrogen (secondary N) is 2. The summed E-state index contributed by atoms with van der Waals surface area (Å²) in [6.45, 7) is 0. The van der Waals surface area contributed by atoms with Crippen molar-refractivity contribution in [2.24, 2.45) is 0 Å². The Morgan fingerprint density at radius 2 is 1.95 bits per heavy atom. The summed E-state index contributed by atoms with van der Waals surface area (Å²) < 4.78 is 1.14. The quantitative estimate of drug-likeness (QED) is 0.479. The van der Waals surface area contributed by atoms with Crippen LogP contribution in [-0.4, -0.2) is 11.9 Å². The van der Waals surface area contributed by atoms with Crippen LogP contribution in [0.4, 0.5) is 5.69 Å². The lowest BCUT2D eigenvalue weighted by Gasteiger charge is -2.11. The highest BCUT2D eigenvalue weighted by molar-refractivity contribution is 14.1. The lowest BCUT2D eigenvalue weighted by Crippen LogP contribution is -2.33. The molecule has 1 aliphatic carbocycles. The maximum absolute atomic E-state index is 12.0. The van der Waals surface area contributed by atoms with E-state index in [-0.39, 0.29) is 17.5 Å². The minimum absolute atomic E-state index is 0.107. The van der Waals surface area contributed by atoms with E-state index in [4.69, 9.17) is 5.26 Å². The number of anilines is 1. The standard InChI is InChI=1S/C15H16IN3O/c16-12-5-7-13(8-6-12)18-10-11(9-17)15(20)19-14-3-1-2-4-14/h5-8,10,14,18H,1-4H2,(H,19,20)/b11-10-. The predicted molar refractivity (Wildman–Crippen MR) is 86.9 cm³/mol. The Labute approximate surface area is 132 Å². The van der Waals surface area contributed by atoms with E-state index in [1.807, 2.05) is 30.3 Å². The lowest BCUT2D eigenvalue weighted by molar-refractivity contribution is -0.117. The third-order valence-corrected chi connectivity index (χ3v) is 4.00. The van der Waals surface area contributed by atoms with Crippen LogP contribution in [0.2, 0.25) is 0 Å². The number of halogens is 1. The van der Waals surface area contributed by atoms with Crippen LogP contribution < -0.4 is 10.6 Å². The molecule has 0 unspecified atom stereocenters. The van der Waals surface area contributed by atoms with Gasteiger partial charge in [-0.2, -0.15) is 5.26 Å². The minimum atomic E-state index is -0.294. The van der Waals surface area contributed by atoms with Crippen LogP contribution in [0.15, 0.2) is 36.0 Å². The van der Waals surface area contributed by atoms with E-state index >= 15 is 0 Å². The first-order valence-electron chi connectivity index (χ1n) is 6.62. The number of hydrogen-bond acceptors (Lipinski definition) is 3. The smallest absolute Gasteiger partial charge is 0.263 e. The molecule has 0 heterocycles. The molecule has 2 N–H and O–H groups in total. The minimum Gasteiger partial charge on any atom is -0.360 e. The van der Waals surface area contributed by atoms with Gasteiger partial charge in [0.1, 0.15) is 11.6 Å². The maximum atomic E-state index is 12.0. The number of amides is 1. The molecule has 5 heteroatoms. The fourth-order valence-corrected chi connectivity index (χ4v) is 2.54. The summed E-state index contributed by atoms with van der Waals surface area (Å²) in [5.41, 5.74) is 0.960. The molecule has 4 nitrogen and oxygen atoms in total. The second-order valence-corrected chi connectivity index (χ2v) is 6.02. The van der Waals surface area contributed by atoms with E-state index in [0.717, 1.165) is 34.9 Å². The Hall–Kier alpha value is -1.55. The highest BCUT2D eigenvalue weighted by atomic mass is 127. The summed E-state index contributed by atoms with van der Waals surface area (Å²) in [5, 5.41) is 15.0. The molecule has 104 valence electrons. The monoisotopic (exact) mass is 381 g/mol. The zero-order valence-corrected chi connectivity index (χ0v) is 13.2. The van der Waals surface area contributed by atoms with E-state index in [1.54, 1.807) is 0 Å². The van der Waals surface area contributed by atoms with E-state index in [9.17, 15) is 4.79 Å². The van der Waals surface area contributed by atoms with Gasteiger partial charge in [0.25, 0.3) is 5.91 Å². The summed E-state index contributed by atoms with van der Waals surface area (Å²) >= 11 is 2.22. The zero-order chi connectivity index (χ0) is 14.4. The summed E-state index contributed by atoms with van der Waals surface area (Å²) in [5.74, 6) is -0.294. The molecule has 0 aromatic heterocycles. The van der Waals surface area contributed by atoms with Crippen LogP contribution in [0.3, 0.4) is 0 Å². The van der Waals surface area contributed by atoms with Crippen molar-refractivity contribution >= 4 is 34.2 Å². The molecule has 1 aromatic carbocycles. The van der Waals surface area contributed by atoms with Crippen molar-refractivity contribution in [1.82, 2.24) is 5.32 Å². The van der Waals surface area contributed by atoms with E-state index in [2.05, 4.69) is 33.2 Å². The van der Waals surface area contributed by atoms with Gasteiger partial charge >= 0.3 is 0 Å². The van der Waals surface area contributed by atoms with Crippen LogP contribution in [0.25, 0.3) is 0 Å². The van der Waals surface area contributed by atoms with Gasteiger partial charge in [0.15, 0.2) is 0 Å². The number of rotatable bonds is 4. The van der Waals surface area contributed by atoms with Crippen molar-refractivity contribution in [3.63, 3.8) is 0 Å². The third kappa shape index (κ3) is 4.23. The molecule has 0 bridgehead atoms. The zero-order valence-electron chi connectivity index (χ0n) is 11.0. The van der Waals surface area contributed by atoms with Crippen molar-refractivity contribution in [2.75, 3.05) is 5.32 Å². The van der Waals surface area contributed by atoms with Crippen molar-refractivity contribution in [2.45, 2.75) is 31.7 Å². The van der Waals surface area contributed by atoms with Crippen LogP contribution in [0.1, 0.15) is 25.7 Å². The van der Waals surface area contributed by atoms with E-state index in [1.165, 1.54) is 6.20 Å². The van der Waals surface area contributed by atoms with Gasteiger partial charge in [-0.3, -0.25) is 4.79 Å². The largest absolute Gasteiger partial charge is 0.360 e. The van der Waals surface area contributed by atoms with Crippen LogP contribution in [-0.2, 0) is 4.79 Å². The van der Waals surface area contributed by atoms with Crippen molar-refractivity contribution in [1.29, 1.82) is 5.26 Å². The summed E-state index contributed by atoms with van der Waals surface area (Å²) in [6, 6.07) is 9.89. The Morgan fingerprint density at radius 3 is 2.55 bits per heavy atom. The molecule has 1 aliphatic rings. The summed E-state index contributed by atoms with van der Waals surface area (Å²) in [4.78, 5) is 12.0. The Bertz CT molecular complexity index is 539. The van der Waals surface area contributed by atoms with Gasteiger partial charge in [-0.1, -0.05) is 12.8 Å². The molecule has 0 spiro atoms. The van der Waals surface area contributed by atoms with Gasteiger partial charge < -0.3 is 10.6 Å². The molecule has 0 atom stereocenters. The van der Waals surface area contributed by atoms with Crippen molar-refractivity contribution < 1.29 is 4.79 Å². The molecule has 0 radical (unpaired) electrons. The SMILES string of the molecule is N#C/C(=C/Nc1ccc(I)cc1)C(=O)NC1CCCC1. The highest BCUT2D eigenvalue weighted by Crippen LogP contribution is 2.18. The maximum Gasteiger partial charge on any atom is 0.263 e. The molecule has 20 heavy (non-hydrogen) atoms. The van der Waals surface area contributed by atoms with Gasteiger partial charge in [0.05, 0.1) is 0 Å². The Kier molecular flexibility index (Phi) is 5.41. The fraction of sp³-hybridized carbons (Fsp3) is 0.333. The van der Waals surface area contributed by atoms with Crippen LogP contribution in [0, 0.1) is 14.9 Å². The molecule has 2 rings (SSSR count). The first-order valence-corrected chi connectivity index (χ1v) is 7.70.